The number of nitrogens with zero attached hydrogens (tertiary/aromatic N) is 1. The van der Waals surface area contributed by atoms with Crippen LogP contribution in [0.2, 0.25) is 5.02 Å². The number of anilines is 1. The minimum atomic E-state index is -4.05. The van der Waals surface area contributed by atoms with Gasteiger partial charge in [-0.1, -0.05) is 35.9 Å². The van der Waals surface area contributed by atoms with Gasteiger partial charge in [0, 0.05) is 17.0 Å². The summed E-state index contributed by atoms with van der Waals surface area (Å²) < 4.78 is 39.9. The molecule has 1 aliphatic heterocycles. The SMILES string of the molecule is COc1ccc2c(c1)C(NC(=O)CN(c1cc(Cl)ccc1C)S(=O)(=O)c1ccccc1)CC(C)(C)O2. The molecular formula is C27H29ClN2O5S. The van der Waals surface area contributed by atoms with Gasteiger partial charge in [0.1, 0.15) is 23.6 Å². The lowest BCUT2D eigenvalue weighted by Crippen LogP contribution is -2.45. The molecular weight excluding hydrogens is 500 g/mol. The maximum Gasteiger partial charge on any atom is 0.264 e. The molecule has 0 radical (unpaired) electrons. The number of halogens is 1. The van der Waals surface area contributed by atoms with E-state index in [1.165, 1.54) is 12.1 Å². The van der Waals surface area contributed by atoms with Crippen molar-refractivity contribution in [2.75, 3.05) is 18.0 Å². The number of sulfonamides is 1. The lowest BCUT2D eigenvalue weighted by atomic mass is 9.89. The molecule has 3 aromatic rings. The molecule has 0 aromatic heterocycles. The molecule has 9 heteroatoms. The minimum Gasteiger partial charge on any atom is -0.497 e. The highest BCUT2D eigenvalue weighted by Crippen LogP contribution is 2.41. The van der Waals surface area contributed by atoms with E-state index in [0.717, 1.165) is 9.87 Å². The third kappa shape index (κ3) is 5.44. The fourth-order valence-corrected chi connectivity index (χ4v) is 5.99. The van der Waals surface area contributed by atoms with Gasteiger partial charge in [0.2, 0.25) is 5.91 Å². The van der Waals surface area contributed by atoms with Gasteiger partial charge in [-0.15, -0.1) is 0 Å². The maximum atomic E-state index is 13.7. The van der Waals surface area contributed by atoms with Crippen LogP contribution in [0.25, 0.3) is 0 Å². The molecule has 0 bridgehead atoms. The van der Waals surface area contributed by atoms with Crippen LogP contribution in [0.5, 0.6) is 11.5 Å². The molecule has 0 fully saturated rings. The highest BCUT2D eigenvalue weighted by molar-refractivity contribution is 7.92. The Morgan fingerprint density at radius 2 is 1.86 bits per heavy atom. The first-order valence-electron chi connectivity index (χ1n) is 11.5. The van der Waals surface area contributed by atoms with Crippen LogP contribution in [0.3, 0.4) is 0 Å². The molecule has 7 nitrogen and oxygen atoms in total. The lowest BCUT2D eigenvalue weighted by molar-refractivity contribution is -0.120. The third-order valence-electron chi connectivity index (χ3n) is 6.07. The van der Waals surface area contributed by atoms with Gasteiger partial charge in [-0.2, -0.15) is 0 Å². The van der Waals surface area contributed by atoms with Crippen LogP contribution in [0, 0.1) is 6.92 Å². The Kier molecular flexibility index (Phi) is 7.20. The predicted octanol–water partition coefficient (Wildman–Crippen LogP) is 5.27. The van der Waals surface area contributed by atoms with Crippen LogP contribution in [0.1, 0.15) is 37.4 Å². The minimum absolute atomic E-state index is 0.0828. The molecule has 1 atom stereocenters. The largest absolute Gasteiger partial charge is 0.497 e. The van der Waals surface area contributed by atoms with E-state index in [4.69, 9.17) is 21.1 Å². The van der Waals surface area contributed by atoms with E-state index in [1.54, 1.807) is 56.5 Å². The summed E-state index contributed by atoms with van der Waals surface area (Å²) in [5, 5.41) is 3.40. The Morgan fingerprint density at radius 3 is 2.56 bits per heavy atom. The zero-order chi connectivity index (χ0) is 26.1. The monoisotopic (exact) mass is 528 g/mol. The Morgan fingerprint density at radius 1 is 1.14 bits per heavy atom. The third-order valence-corrected chi connectivity index (χ3v) is 8.08. The fraction of sp³-hybridized carbons (Fsp3) is 0.296. The topological polar surface area (TPSA) is 84.9 Å². The second-order valence-corrected chi connectivity index (χ2v) is 11.6. The van der Waals surface area contributed by atoms with Crippen LogP contribution in [-0.4, -0.2) is 33.6 Å². The van der Waals surface area contributed by atoms with Crippen molar-refractivity contribution in [2.24, 2.45) is 0 Å². The Labute approximate surface area is 217 Å². The van der Waals surface area contributed by atoms with E-state index in [-0.39, 0.29) is 4.90 Å². The van der Waals surface area contributed by atoms with Crippen molar-refractivity contribution in [1.29, 1.82) is 0 Å². The molecule has 3 aromatic carbocycles. The molecule has 0 saturated carbocycles. The van der Waals surface area contributed by atoms with Gasteiger partial charge in [0.15, 0.2) is 0 Å². The normalized spacial score (nSPS) is 16.4. The highest BCUT2D eigenvalue weighted by Gasteiger charge is 2.36. The van der Waals surface area contributed by atoms with E-state index in [1.807, 2.05) is 26.0 Å². The first kappa shape index (κ1) is 25.9. The van der Waals surface area contributed by atoms with Crippen molar-refractivity contribution in [2.45, 2.75) is 43.7 Å². The van der Waals surface area contributed by atoms with Gasteiger partial charge < -0.3 is 14.8 Å². The quantitative estimate of drug-likeness (QED) is 0.451. The van der Waals surface area contributed by atoms with Crippen molar-refractivity contribution in [3.63, 3.8) is 0 Å². The molecule has 0 saturated heterocycles. The predicted molar refractivity (Wildman–Crippen MR) is 140 cm³/mol. The van der Waals surface area contributed by atoms with Crippen molar-refractivity contribution in [3.8, 4) is 11.5 Å². The van der Waals surface area contributed by atoms with Crippen LogP contribution < -0.4 is 19.1 Å². The first-order chi connectivity index (χ1) is 17.0. The van der Waals surface area contributed by atoms with Crippen LogP contribution in [-0.2, 0) is 14.8 Å². The highest BCUT2D eigenvalue weighted by atomic mass is 35.5. The second kappa shape index (κ2) is 10.0. The Hall–Kier alpha value is -3.23. The summed E-state index contributed by atoms with van der Waals surface area (Å²) in [6.45, 7) is 5.25. The smallest absolute Gasteiger partial charge is 0.264 e. The number of benzene rings is 3. The van der Waals surface area contributed by atoms with E-state index in [2.05, 4.69) is 5.32 Å². The fourth-order valence-electron chi connectivity index (χ4n) is 4.33. The van der Waals surface area contributed by atoms with E-state index in [0.29, 0.717) is 34.2 Å². The van der Waals surface area contributed by atoms with Gasteiger partial charge in [-0.05, 0) is 68.8 Å². The van der Waals surface area contributed by atoms with Gasteiger partial charge in [-0.3, -0.25) is 9.10 Å². The average Bonchev–Trinajstić information content (AvgIpc) is 2.84. The Bertz CT molecular complexity index is 1380. The molecule has 0 spiro atoms. The number of carbonyl (C=O) groups is 1. The second-order valence-electron chi connectivity index (χ2n) is 9.35. The summed E-state index contributed by atoms with van der Waals surface area (Å²) in [6, 6.07) is 18.0. The molecule has 1 N–H and O–H groups in total. The summed E-state index contributed by atoms with van der Waals surface area (Å²) in [4.78, 5) is 13.5. The number of rotatable bonds is 7. The molecule has 190 valence electrons. The maximum absolute atomic E-state index is 13.7. The number of fused-ring (bicyclic) bond motifs is 1. The number of amides is 1. The summed E-state index contributed by atoms with van der Waals surface area (Å²) in [6.07, 6.45) is 0.501. The molecule has 0 aliphatic carbocycles. The van der Waals surface area contributed by atoms with E-state index in [9.17, 15) is 13.2 Å². The molecule has 36 heavy (non-hydrogen) atoms. The van der Waals surface area contributed by atoms with Crippen LogP contribution >= 0.6 is 11.6 Å². The molecule has 1 aliphatic rings. The van der Waals surface area contributed by atoms with Gasteiger partial charge in [0.25, 0.3) is 10.0 Å². The average molecular weight is 529 g/mol. The first-order valence-corrected chi connectivity index (χ1v) is 13.3. The summed E-state index contributed by atoms with van der Waals surface area (Å²) in [5.74, 6) is 0.835. The lowest BCUT2D eigenvalue weighted by Gasteiger charge is -2.38. The summed E-state index contributed by atoms with van der Waals surface area (Å²) >= 11 is 6.22. The van der Waals surface area contributed by atoms with Crippen molar-refractivity contribution in [1.82, 2.24) is 5.32 Å². The molecule has 1 unspecified atom stereocenters. The number of methoxy groups -OCH3 is 1. The number of nitrogens with one attached hydrogen (secondary N) is 1. The standard InChI is InChI=1S/C27H29ClN2O5S/c1-18-10-11-19(28)14-24(18)30(36(32,33)21-8-6-5-7-9-21)17-26(31)29-23-16-27(2,3)35-25-13-12-20(34-4)15-22(23)25/h5-15,23H,16-17H2,1-4H3,(H,29,31). The van der Waals surface area contributed by atoms with Crippen LogP contribution in [0.4, 0.5) is 5.69 Å². The molecule has 1 heterocycles. The number of ether oxygens (including phenoxy) is 2. The molecule has 1 amide bonds. The number of hydrogen-bond donors (Lipinski definition) is 1. The van der Waals surface area contributed by atoms with Crippen molar-refractivity contribution < 1.29 is 22.7 Å². The zero-order valence-electron chi connectivity index (χ0n) is 20.6. The van der Waals surface area contributed by atoms with Crippen LogP contribution in [0.15, 0.2) is 71.6 Å². The van der Waals surface area contributed by atoms with Gasteiger partial charge in [0.05, 0.1) is 23.7 Å². The summed E-state index contributed by atoms with van der Waals surface area (Å²) in [5.41, 5.74) is 1.27. The van der Waals surface area contributed by atoms with Crippen molar-refractivity contribution in [3.05, 3.63) is 82.9 Å². The Balaban J connectivity index is 1.69. The molecule has 4 rings (SSSR count). The number of hydrogen-bond acceptors (Lipinski definition) is 5. The number of carbonyl (C=O) groups excluding carboxylic acids is 1. The van der Waals surface area contributed by atoms with E-state index < -0.39 is 34.1 Å². The summed E-state index contributed by atoms with van der Waals surface area (Å²) in [7, 11) is -2.48. The van der Waals surface area contributed by atoms with E-state index >= 15 is 0 Å². The number of aryl methyl sites for hydroxylation is 1. The zero-order valence-corrected chi connectivity index (χ0v) is 22.2. The van der Waals surface area contributed by atoms with Gasteiger partial charge >= 0.3 is 0 Å². The van der Waals surface area contributed by atoms with Crippen molar-refractivity contribution >= 4 is 33.2 Å². The van der Waals surface area contributed by atoms with Gasteiger partial charge in [-0.25, -0.2) is 8.42 Å².